The molecule has 0 aliphatic carbocycles. The van der Waals surface area contributed by atoms with Gasteiger partial charge in [-0.2, -0.15) is 10.5 Å². The number of nitriles is 2. The van der Waals surface area contributed by atoms with E-state index in [4.69, 9.17) is 0 Å². The van der Waals surface area contributed by atoms with E-state index in [1.54, 1.807) is 11.3 Å². The molecule has 0 fully saturated rings. The molecule has 0 atom stereocenters. The van der Waals surface area contributed by atoms with Gasteiger partial charge in [-0.05, 0) is 62.2 Å². The van der Waals surface area contributed by atoms with Crippen LogP contribution in [-0.4, -0.2) is 4.57 Å². The molecule has 0 aliphatic rings. The van der Waals surface area contributed by atoms with Gasteiger partial charge in [0.25, 0.3) is 5.56 Å². The number of rotatable bonds is 2. The summed E-state index contributed by atoms with van der Waals surface area (Å²) in [4.78, 5) is 15.2. The van der Waals surface area contributed by atoms with Crippen molar-refractivity contribution in [2.24, 2.45) is 0 Å². The lowest BCUT2D eigenvalue weighted by Crippen LogP contribution is -2.30. The van der Waals surface area contributed by atoms with Gasteiger partial charge in [0.15, 0.2) is 5.57 Å². The molecule has 0 radical (unpaired) electrons. The fourth-order valence-electron chi connectivity index (χ4n) is 2.53. The first-order valence-corrected chi connectivity index (χ1v) is 9.50. The molecule has 0 bridgehead atoms. The quantitative estimate of drug-likeness (QED) is 0.689. The van der Waals surface area contributed by atoms with Crippen molar-refractivity contribution >= 4 is 34.3 Å². The van der Waals surface area contributed by atoms with Crippen molar-refractivity contribution < 1.29 is 0 Å². The van der Waals surface area contributed by atoms with E-state index in [1.165, 1.54) is 15.9 Å². The number of aromatic nitrogens is 1. The molecule has 6 heteroatoms. The Kier molecular flexibility index (Phi) is 4.90. The first-order valence-electron chi connectivity index (χ1n) is 7.86. The Bertz CT molecular complexity index is 1240. The van der Waals surface area contributed by atoms with Crippen molar-refractivity contribution in [1.29, 1.82) is 10.5 Å². The predicted molar refractivity (Wildman–Crippen MR) is 106 cm³/mol. The SMILES string of the molecule is Cc1ccc(/C=c2\sc(=C(C#N)C#N)n(-c3ccc(C)c(C)c3)c2=O)s1. The smallest absolute Gasteiger partial charge is 0.267 e. The van der Waals surface area contributed by atoms with Crippen LogP contribution in [0.25, 0.3) is 17.3 Å². The van der Waals surface area contributed by atoms with E-state index < -0.39 is 0 Å². The van der Waals surface area contributed by atoms with E-state index in [9.17, 15) is 15.3 Å². The molecular formula is C20H15N3OS2. The minimum Gasteiger partial charge on any atom is -0.267 e. The Labute approximate surface area is 158 Å². The zero-order chi connectivity index (χ0) is 18.8. The lowest BCUT2D eigenvalue weighted by molar-refractivity contribution is 0.983. The monoisotopic (exact) mass is 377 g/mol. The summed E-state index contributed by atoms with van der Waals surface area (Å²) in [6.07, 6.45) is 1.82. The van der Waals surface area contributed by atoms with Gasteiger partial charge in [0, 0.05) is 9.75 Å². The Balaban J connectivity index is 2.40. The molecule has 0 saturated carbocycles. The van der Waals surface area contributed by atoms with Crippen LogP contribution in [0.1, 0.15) is 20.9 Å². The molecular weight excluding hydrogens is 362 g/mol. The summed E-state index contributed by atoms with van der Waals surface area (Å²) in [5, 5.41) is 18.6. The van der Waals surface area contributed by atoms with Gasteiger partial charge in [0.05, 0.1) is 10.2 Å². The van der Waals surface area contributed by atoms with Gasteiger partial charge in [-0.25, -0.2) is 0 Å². The van der Waals surface area contributed by atoms with Gasteiger partial charge in [0.2, 0.25) is 0 Å². The lowest BCUT2D eigenvalue weighted by Gasteiger charge is -2.06. The number of aryl methyl sites for hydroxylation is 3. The highest BCUT2D eigenvalue weighted by Crippen LogP contribution is 2.15. The molecule has 3 rings (SSSR count). The van der Waals surface area contributed by atoms with Crippen LogP contribution in [-0.2, 0) is 0 Å². The highest BCUT2D eigenvalue weighted by molar-refractivity contribution is 7.13. The molecule has 128 valence electrons. The first kappa shape index (κ1) is 17.9. The van der Waals surface area contributed by atoms with Crippen LogP contribution in [0.15, 0.2) is 35.1 Å². The van der Waals surface area contributed by atoms with Crippen LogP contribution in [0.2, 0.25) is 0 Å². The first-order chi connectivity index (χ1) is 12.4. The van der Waals surface area contributed by atoms with Gasteiger partial charge in [-0.3, -0.25) is 9.36 Å². The minimum atomic E-state index is -0.220. The van der Waals surface area contributed by atoms with Crippen molar-refractivity contribution in [2.75, 3.05) is 0 Å². The third-order valence-corrected chi connectivity index (χ3v) is 6.08. The summed E-state index contributed by atoms with van der Waals surface area (Å²) in [7, 11) is 0. The number of benzene rings is 1. The maximum absolute atomic E-state index is 13.0. The molecule has 0 aliphatic heterocycles. The van der Waals surface area contributed by atoms with Crippen molar-refractivity contribution in [3.05, 3.63) is 70.8 Å². The molecule has 0 amide bonds. The summed E-state index contributed by atoms with van der Waals surface area (Å²) >= 11 is 2.76. The van der Waals surface area contributed by atoms with Crippen LogP contribution in [0.4, 0.5) is 0 Å². The van der Waals surface area contributed by atoms with Gasteiger partial charge < -0.3 is 0 Å². The Hall–Kier alpha value is -2.93. The van der Waals surface area contributed by atoms with Crippen LogP contribution in [0.3, 0.4) is 0 Å². The second-order valence-corrected chi connectivity index (χ2v) is 8.22. The maximum Gasteiger partial charge on any atom is 0.273 e. The van der Waals surface area contributed by atoms with Crippen molar-refractivity contribution in [3.8, 4) is 17.8 Å². The largest absolute Gasteiger partial charge is 0.273 e. The topological polar surface area (TPSA) is 69.6 Å². The van der Waals surface area contributed by atoms with Crippen molar-refractivity contribution in [2.45, 2.75) is 20.8 Å². The fraction of sp³-hybridized carbons (Fsp3) is 0.150. The molecule has 4 nitrogen and oxygen atoms in total. The summed E-state index contributed by atoms with van der Waals surface area (Å²) in [6, 6.07) is 13.4. The minimum absolute atomic E-state index is 0.0626. The molecule has 2 aromatic heterocycles. The summed E-state index contributed by atoms with van der Waals surface area (Å²) < 4.78 is 2.33. The standard InChI is InChI=1S/C20H15N3OS2/c1-12-4-6-16(8-13(12)2)23-19(24)18(9-17-7-5-14(3)25-17)26-20(23)15(10-21)11-22/h4-9H,1-3H3/b18-9-. The third kappa shape index (κ3) is 3.25. The number of hydrogen-bond donors (Lipinski definition) is 0. The number of thiophene rings is 1. The highest BCUT2D eigenvalue weighted by atomic mass is 32.1. The van der Waals surface area contributed by atoms with Gasteiger partial charge in [0.1, 0.15) is 16.8 Å². The van der Waals surface area contributed by atoms with Crippen molar-refractivity contribution in [3.63, 3.8) is 0 Å². The lowest BCUT2D eigenvalue weighted by atomic mass is 10.1. The molecule has 0 spiro atoms. The van der Waals surface area contributed by atoms with E-state index in [-0.39, 0.29) is 11.1 Å². The highest BCUT2D eigenvalue weighted by Gasteiger charge is 2.12. The second-order valence-electron chi connectivity index (χ2n) is 5.87. The van der Waals surface area contributed by atoms with Gasteiger partial charge >= 0.3 is 0 Å². The third-order valence-electron chi connectivity index (χ3n) is 4.04. The Morgan fingerprint density at radius 1 is 1.04 bits per heavy atom. The normalized spacial score (nSPS) is 11.2. The van der Waals surface area contributed by atoms with Gasteiger partial charge in [-0.1, -0.05) is 6.07 Å². The van der Waals surface area contributed by atoms with E-state index >= 15 is 0 Å². The molecule has 0 N–H and O–H groups in total. The Morgan fingerprint density at radius 2 is 1.77 bits per heavy atom. The van der Waals surface area contributed by atoms with E-state index in [0.29, 0.717) is 14.9 Å². The fourth-order valence-corrected chi connectivity index (χ4v) is 4.47. The molecule has 2 heterocycles. The summed E-state index contributed by atoms with van der Waals surface area (Å²) in [6.45, 7) is 5.97. The van der Waals surface area contributed by atoms with Crippen LogP contribution >= 0.6 is 22.7 Å². The molecule has 1 aromatic carbocycles. The molecule has 0 saturated heterocycles. The van der Waals surface area contributed by atoms with Crippen LogP contribution < -0.4 is 14.8 Å². The number of hydrogen-bond acceptors (Lipinski definition) is 5. The predicted octanol–water partition coefficient (Wildman–Crippen LogP) is 2.91. The van der Waals surface area contributed by atoms with E-state index in [1.807, 2.05) is 69.3 Å². The summed E-state index contributed by atoms with van der Waals surface area (Å²) in [5.41, 5.74) is 2.54. The zero-order valence-electron chi connectivity index (χ0n) is 14.5. The van der Waals surface area contributed by atoms with E-state index in [0.717, 1.165) is 20.9 Å². The number of nitrogens with zero attached hydrogens (tertiary/aromatic N) is 3. The average molecular weight is 377 g/mol. The molecule has 26 heavy (non-hydrogen) atoms. The average Bonchev–Trinajstić information content (AvgIpc) is 3.16. The van der Waals surface area contributed by atoms with Gasteiger partial charge in [-0.15, -0.1) is 22.7 Å². The van der Waals surface area contributed by atoms with Crippen LogP contribution in [0.5, 0.6) is 0 Å². The van der Waals surface area contributed by atoms with E-state index in [2.05, 4.69) is 0 Å². The molecule has 3 aromatic rings. The second kappa shape index (κ2) is 7.13. The summed E-state index contributed by atoms with van der Waals surface area (Å²) in [5.74, 6) is 0. The van der Waals surface area contributed by atoms with Crippen molar-refractivity contribution in [1.82, 2.24) is 4.57 Å². The Morgan fingerprint density at radius 3 is 2.35 bits per heavy atom. The molecule has 0 unspecified atom stereocenters. The zero-order valence-corrected chi connectivity index (χ0v) is 16.2. The maximum atomic E-state index is 13.0. The number of thiazole rings is 1. The van der Waals surface area contributed by atoms with Crippen LogP contribution in [0, 0.1) is 43.4 Å².